The second-order valence-corrected chi connectivity index (χ2v) is 11.6. The van der Waals surface area contributed by atoms with Gasteiger partial charge in [0.1, 0.15) is 29.7 Å². The first-order valence-electron chi connectivity index (χ1n) is 15.3. The molecular weight excluding hydrogens is 581 g/mol. The van der Waals surface area contributed by atoms with Crippen molar-refractivity contribution in [2.75, 3.05) is 53.1 Å². The van der Waals surface area contributed by atoms with Gasteiger partial charge in [0.05, 0.1) is 20.3 Å². The molecule has 10 nitrogen and oxygen atoms in total. The molecule has 2 saturated heterocycles. The fraction of sp³-hybridized carbons (Fsp3) is 0.412. The third-order valence-electron chi connectivity index (χ3n) is 8.45. The molecule has 7 rings (SSSR count). The number of halogens is 1. The number of carbonyl (C=O) groups is 2. The Morgan fingerprint density at radius 1 is 0.956 bits per heavy atom. The third kappa shape index (κ3) is 7.49. The smallest absolute Gasteiger partial charge is 0.264 e. The number of ether oxygens (including phenoxy) is 5. The van der Waals surface area contributed by atoms with Crippen LogP contribution >= 0.6 is 0 Å². The molecule has 11 heteroatoms. The number of carbonyl (C=O) groups excluding carboxylic acids is 2. The number of amides is 2. The summed E-state index contributed by atoms with van der Waals surface area (Å²) in [5.41, 5.74) is -0.253. The molecule has 0 radical (unpaired) electrons. The zero-order valence-corrected chi connectivity index (χ0v) is 25.3. The molecule has 1 unspecified atom stereocenters. The lowest BCUT2D eigenvalue weighted by Gasteiger charge is -2.41. The van der Waals surface area contributed by atoms with Gasteiger partial charge in [-0.25, -0.2) is 4.39 Å². The molecule has 0 saturated carbocycles. The molecule has 6 bridgehead atoms. The SMILES string of the molecule is COc1ccc2cc1Oc1cc(F)cc(c1)CNC(=O)C1(CCN(CC3CCOC3)CC1)Oc1ccc(cc1)OCCNC2=O. The Labute approximate surface area is 261 Å². The van der Waals surface area contributed by atoms with Gasteiger partial charge < -0.3 is 39.2 Å². The van der Waals surface area contributed by atoms with E-state index in [1.165, 1.54) is 25.3 Å². The second-order valence-electron chi connectivity index (χ2n) is 11.6. The quantitative estimate of drug-likeness (QED) is 0.447. The van der Waals surface area contributed by atoms with Gasteiger partial charge in [-0.1, -0.05) is 0 Å². The number of methoxy groups -OCH3 is 1. The first kappa shape index (κ1) is 30.7. The average molecular weight is 620 g/mol. The van der Waals surface area contributed by atoms with Crippen molar-refractivity contribution in [3.63, 3.8) is 0 Å². The first-order chi connectivity index (χ1) is 21.9. The van der Waals surface area contributed by atoms with Crippen molar-refractivity contribution in [1.82, 2.24) is 15.5 Å². The van der Waals surface area contributed by atoms with E-state index in [1.54, 1.807) is 42.5 Å². The van der Waals surface area contributed by atoms with Crippen LogP contribution < -0.4 is 29.6 Å². The Morgan fingerprint density at radius 2 is 1.76 bits per heavy atom. The van der Waals surface area contributed by atoms with Crippen LogP contribution in [0.4, 0.5) is 4.39 Å². The molecule has 4 aliphatic rings. The van der Waals surface area contributed by atoms with Crippen LogP contribution in [-0.4, -0.2) is 75.4 Å². The predicted molar refractivity (Wildman–Crippen MR) is 164 cm³/mol. The van der Waals surface area contributed by atoms with Crippen LogP contribution in [0.25, 0.3) is 0 Å². The van der Waals surface area contributed by atoms with E-state index in [9.17, 15) is 14.0 Å². The lowest BCUT2D eigenvalue weighted by Crippen LogP contribution is -2.57. The van der Waals surface area contributed by atoms with E-state index in [0.29, 0.717) is 60.2 Å². The second kappa shape index (κ2) is 13.7. The number of hydrogen-bond donors (Lipinski definition) is 2. The minimum absolute atomic E-state index is 0.0630. The standard InChI is InChI=1S/C34H38FN3O7/c1-41-30-7-2-25-18-31(30)44-29-17-24(16-26(35)19-29)20-37-33(40)34(9-12-38(13-10-34)21-23-8-14-42-22-23)45-28-5-3-27(4-6-28)43-15-11-36-32(25)39/h2-7,16-19,23H,8-15,20-22H2,1H3,(H,36,39)(H,37,40). The van der Waals surface area contributed by atoms with Gasteiger partial charge in [0.25, 0.3) is 11.8 Å². The van der Waals surface area contributed by atoms with Crippen molar-refractivity contribution < 1.29 is 37.7 Å². The fourth-order valence-electron chi connectivity index (χ4n) is 5.98. The van der Waals surface area contributed by atoms with E-state index < -0.39 is 11.4 Å². The van der Waals surface area contributed by atoms with Crippen LogP contribution in [0, 0.1) is 11.7 Å². The third-order valence-corrected chi connectivity index (χ3v) is 8.45. The molecule has 2 amide bonds. The molecule has 4 aliphatic heterocycles. The number of hydrogen-bond acceptors (Lipinski definition) is 8. The van der Waals surface area contributed by atoms with Gasteiger partial charge in [-0.05, 0) is 72.5 Å². The summed E-state index contributed by atoms with van der Waals surface area (Å²) in [7, 11) is 1.48. The van der Waals surface area contributed by atoms with Gasteiger partial charge in [-0.3, -0.25) is 9.59 Å². The van der Waals surface area contributed by atoms with E-state index in [-0.39, 0.29) is 43.0 Å². The summed E-state index contributed by atoms with van der Waals surface area (Å²) in [6.45, 7) is 4.49. The van der Waals surface area contributed by atoms with Crippen molar-refractivity contribution in [2.24, 2.45) is 5.92 Å². The lowest BCUT2D eigenvalue weighted by molar-refractivity contribution is -0.141. The Hall–Kier alpha value is -4.35. The number of nitrogens with zero attached hydrogens (tertiary/aromatic N) is 1. The largest absolute Gasteiger partial charge is 0.493 e. The zero-order valence-electron chi connectivity index (χ0n) is 25.3. The number of fused-ring (bicyclic) bond motifs is 8. The molecule has 2 fully saturated rings. The Bertz CT molecular complexity index is 1500. The number of likely N-dealkylation sites (tertiary alicyclic amines) is 1. The lowest BCUT2D eigenvalue weighted by atomic mass is 9.89. The van der Waals surface area contributed by atoms with Gasteiger partial charge in [-0.15, -0.1) is 0 Å². The highest BCUT2D eigenvalue weighted by Crippen LogP contribution is 2.34. The average Bonchev–Trinajstić information content (AvgIpc) is 3.56. The molecular formula is C34H38FN3O7. The number of benzene rings is 3. The van der Waals surface area contributed by atoms with E-state index in [0.717, 1.165) is 26.2 Å². The normalized spacial score (nSPS) is 20.6. The van der Waals surface area contributed by atoms with E-state index in [1.807, 2.05) is 0 Å². The summed E-state index contributed by atoms with van der Waals surface area (Å²) in [6.07, 6.45) is 2.05. The highest BCUT2D eigenvalue weighted by Gasteiger charge is 2.44. The summed E-state index contributed by atoms with van der Waals surface area (Å²) in [5, 5.41) is 5.83. The van der Waals surface area contributed by atoms with E-state index >= 15 is 0 Å². The van der Waals surface area contributed by atoms with Crippen LogP contribution in [0.2, 0.25) is 0 Å². The van der Waals surface area contributed by atoms with Crippen LogP contribution in [0.15, 0.2) is 60.7 Å². The van der Waals surface area contributed by atoms with Crippen LogP contribution in [-0.2, 0) is 16.1 Å². The first-order valence-corrected chi connectivity index (χ1v) is 15.3. The Kier molecular flexibility index (Phi) is 9.37. The summed E-state index contributed by atoms with van der Waals surface area (Å²) in [4.78, 5) is 29.1. The molecule has 45 heavy (non-hydrogen) atoms. The molecule has 0 aliphatic carbocycles. The number of rotatable bonds is 3. The minimum Gasteiger partial charge on any atom is -0.493 e. The van der Waals surface area contributed by atoms with Crippen LogP contribution in [0.3, 0.4) is 0 Å². The molecule has 2 N–H and O–H groups in total. The van der Waals surface area contributed by atoms with Gasteiger partial charge in [0, 0.05) is 57.3 Å². The van der Waals surface area contributed by atoms with Gasteiger partial charge in [0.15, 0.2) is 17.1 Å². The monoisotopic (exact) mass is 619 g/mol. The number of nitrogens with one attached hydrogen (secondary N) is 2. The van der Waals surface area contributed by atoms with Gasteiger partial charge in [-0.2, -0.15) is 0 Å². The summed E-state index contributed by atoms with van der Waals surface area (Å²) >= 11 is 0. The van der Waals surface area contributed by atoms with Crippen molar-refractivity contribution in [3.8, 4) is 28.7 Å². The Morgan fingerprint density at radius 3 is 2.51 bits per heavy atom. The van der Waals surface area contributed by atoms with Crippen molar-refractivity contribution in [2.45, 2.75) is 31.4 Å². The van der Waals surface area contributed by atoms with Crippen molar-refractivity contribution >= 4 is 11.8 Å². The fourth-order valence-corrected chi connectivity index (χ4v) is 5.98. The van der Waals surface area contributed by atoms with E-state index in [4.69, 9.17) is 23.7 Å². The van der Waals surface area contributed by atoms with Crippen LogP contribution in [0.1, 0.15) is 35.2 Å². The maximum atomic E-state index is 14.8. The van der Waals surface area contributed by atoms with E-state index in [2.05, 4.69) is 15.5 Å². The highest BCUT2D eigenvalue weighted by atomic mass is 19.1. The summed E-state index contributed by atoms with van der Waals surface area (Å²) < 4.78 is 44.1. The minimum atomic E-state index is -1.10. The topological polar surface area (TPSA) is 108 Å². The highest BCUT2D eigenvalue weighted by molar-refractivity contribution is 5.95. The van der Waals surface area contributed by atoms with Gasteiger partial charge in [0.2, 0.25) is 0 Å². The molecule has 1 atom stereocenters. The molecule has 4 heterocycles. The Balaban J connectivity index is 1.26. The van der Waals surface area contributed by atoms with Crippen molar-refractivity contribution in [1.29, 1.82) is 0 Å². The molecule has 0 aromatic heterocycles. The zero-order chi connectivity index (χ0) is 31.2. The predicted octanol–water partition coefficient (Wildman–Crippen LogP) is 4.32. The maximum Gasteiger partial charge on any atom is 0.264 e. The molecule has 238 valence electrons. The molecule has 3 aromatic rings. The van der Waals surface area contributed by atoms with Crippen LogP contribution in [0.5, 0.6) is 28.7 Å². The maximum absolute atomic E-state index is 14.8. The molecule has 3 aromatic carbocycles. The van der Waals surface area contributed by atoms with Gasteiger partial charge >= 0.3 is 0 Å². The summed E-state index contributed by atoms with van der Waals surface area (Å²) in [5.74, 6) is 1.37. The summed E-state index contributed by atoms with van der Waals surface area (Å²) in [6, 6.07) is 16.1. The van der Waals surface area contributed by atoms with Crippen molar-refractivity contribution in [3.05, 3.63) is 77.6 Å². The molecule has 1 spiro atoms. The number of piperidine rings is 1.